The Morgan fingerprint density at radius 2 is 1.81 bits per heavy atom. The highest BCUT2D eigenvalue weighted by Gasteiger charge is 2.25. The summed E-state index contributed by atoms with van der Waals surface area (Å²) in [6.45, 7) is 6.42. The van der Waals surface area contributed by atoms with E-state index in [9.17, 15) is 5.11 Å². The van der Waals surface area contributed by atoms with Crippen molar-refractivity contribution >= 4 is 23.2 Å². The molecule has 2 nitrogen and oxygen atoms in total. The Morgan fingerprint density at radius 3 is 2.31 bits per heavy atom. The van der Waals surface area contributed by atoms with Gasteiger partial charge in [-0.15, -0.1) is 0 Å². The van der Waals surface area contributed by atoms with Crippen molar-refractivity contribution in [3.05, 3.63) is 10.1 Å². The summed E-state index contributed by atoms with van der Waals surface area (Å²) in [7, 11) is 0. The molecular formula is C12H21Cl2NO. The molecule has 16 heavy (non-hydrogen) atoms. The second kappa shape index (κ2) is 6.25. The molecule has 1 aliphatic heterocycles. The van der Waals surface area contributed by atoms with Crippen molar-refractivity contribution in [3.63, 3.8) is 0 Å². The normalized spacial score (nSPS) is 23.8. The third-order valence-electron chi connectivity index (χ3n) is 3.21. The van der Waals surface area contributed by atoms with E-state index in [4.69, 9.17) is 23.2 Å². The molecule has 1 heterocycles. The van der Waals surface area contributed by atoms with Crippen LogP contribution in [0.5, 0.6) is 0 Å². The molecular weight excluding hydrogens is 245 g/mol. The first kappa shape index (κ1) is 14.3. The number of piperidine rings is 1. The van der Waals surface area contributed by atoms with E-state index in [1.54, 1.807) is 6.92 Å². The number of hydrogen-bond acceptors (Lipinski definition) is 2. The summed E-state index contributed by atoms with van der Waals surface area (Å²) >= 11 is 12.3. The minimum absolute atomic E-state index is 0.391. The second-order valence-electron chi connectivity index (χ2n) is 4.68. The highest BCUT2D eigenvalue weighted by Crippen LogP contribution is 2.29. The van der Waals surface area contributed by atoms with Gasteiger partial charge in [-0.3, -0.25) is 4.90 Å². The van der Waals surface area contributed by atoms with Crippen LogP contribution in [-0.4, -0.2) is 35.2 Å². The Kier molecular flexibility index (Phi) is 5.58. The van der Waals surface area contributed by atoms with Crippen LogP contribution in [0.3, 0.4) is 0 Å². The van der Waals surface area contributed by atoms with E-state index in [-0.39, 0.29) is 0 Å². The first-order chi connectivity index (χ1) is 7.47. The Morgan fingerprint density at radius 1 is 1.25 bits per heavy atom. The first-order valence-corrected chi connectivity index (χ1v) is 6.72. The van der Waals surface area contributed by atoms with Crippen LogP contribution in [0.1, 0.15) is 39.5 Å². The van der Waals surface area contributed by atoms with Gasteiger partial charge in [-0.25, -0.2) is 0 Å². The molecule has 0 radical (unpaired) electrons. The van der Waals surface area contributed by atoms with Crippen LogP contribution in [-0.2, 0) is 0 Å². The van der Waals surface area contributed by atoms with Crippen molar-refractivity contribution in [3.8, 4) is 0 Å². The lowest BCUT2D eigenvalue weighted by molar-refractivity contribution is 0.101. The highest BCUT2D eigenvalue weighted by molar-refractivity contribution is 6.40. The van der Waals surface area contributed by atoms with E-state index in [1.165, 1.54) is 19.3 Å². The van der Waals surface area contributed by atoms with Gasteiger partial charge >= 0.3 is 0 Å². The summed E-state index contributed by atoms with van der Waals surface area (Å²) in [5.41, 5.74) is -0.992. The number of rotatable bonds is 4. The molecule has 1 rings (SSSR count). The maximum atomic E-state index is 10.00. The molecule has 1 atom stereocenters. The fourth-order valence-corrected chi connectivity index (χ4v) is 2.40. The lowest BCUT2D eigenvalue weighted by Crippen LogP contribution is -2.32. The fraction of sp³-hybridized carbons (Fsp3) is 0.833. The van der Waals surface area contributed by atoms with Crippen LogP contribution in [0.2, 0.25) is 0 Å². The molecule has 1 saturated heterocycles. The minimum Gasteiger partial charge on any atom is -0.385 e. The molecule has 4 heteroatoms. The second-order valence-corrected chi connectivity index (χ2v) is 5.52. The monoisotopic (exact) mass is 265 g/mol. The predicted molar refractivity (Wildman–Crippen MR) is 69.9 cm³/mol. The molecule has 0 bridgehead atoms. The maximum Gasteiger partial charge on any atom is 0.0983 e. The Bertz CT molecular complexity index is 258. The van der Waals surface area contributed by atoms with E-state index in [0.717, 1.165) is 13.1 Å². The van der Waals surface area contributed by atoms with Crippen LogP contribution < -0.4 is 0 Å². The molecule has 0 aromatic carbocycles. The zero-order valence-electron chi connectivity index (χ0n) is 10.1. The van der Waals surface area contributed by atoms with Crippen LogP contribution in [0.25, 0.3) is 0 Å². The van der Waals surface area contributed by atoms with Crippen molar-refractivity contribution in [1.82, 2.24) is 4.90 Å². The van der Waals surface area contributed by atoms with E-state index in [1.807, 2.05) is 6.92 Å². The fourth-order valence-electron chi connectivity index (χ4n) is 1.83. The van der Waals surface area contributed by atoms with Gasteiger partial charge in [-0.2, -0.15) is 0 Å². The molecule has 0 saturated carbocycles. The van der Waals surface area contributed by atoms with Gasteiger partial charge in [0.15, 0.2) is 0 Å². The number of aliphatic hydroxyl groups is 1. The average molecular weight is 266 g/mol. The summed E-state index contributed by atoms with van der Waals surface area (Å²) in [6.07, 6.45) is 4.33. The molecule has 1 fully saturated rings. The summed E-state index contributed by atoms with van der Waals surface area (Å²) < 4.78 is 0. The SMILES string of the molecule is CCC(C)(O)/C(Cl)=C(\Cl)CN1CCCCC1. The smallest absolute Gasteiger partial charge is 0.0983 e. The Hall–Kier alpha value is 0.240. The molecule has 0 aliphatic carbocycles. The van der Waals surface area contributed by atoms with Crippen molar-refractivity contribution in [2.24, 2.45) is 0 Å². The zero-order chi connectivity index (χ0) is 12.2. The van der Waals surface area contributed by atoms with Crippen LogP contribution in [0, 0.1) is 0 Å². The van der Waals surface area contributed by atoms with Gasteiger partial charge in [0.2, 0.25) is 0 Å². The minimum atomic E-state index is -0.992. The summed E-state index contributed by atoms with van der Waals surface area (Å²) in [4.78, 5) is 2.29. The molecule has 0 spiro atoms. The van der Waals surface area contributed by atoms with E-state index < -0.39 is 5.60 Å². The molecule has 0 aromatic heterocycles. The van der Waals surface area contributed by atoms with Gasteiger partial charge in [0.05, 0.1) is 10.6 Å². The van der Waals surface area contributed by atoms with Gasteiger partial charge in [0, 0.05) is 11.6 Å². The van der Waals surface area contributed by atoms with Crippen LogP contribution >= 0.6 is 23.2 Å². The van der Waals surface area contributed by atoms with Crippen molar-refractivity contribution in [1.29, 1.82) is 0 Å². The van der Waals surface area contributed by atoms with E-state index in [0.29, 0.717) is 23.0 Å². The topological polar surface area (TPSA) is 23.5 Å². The molecule has 1 aliphatic rings. The largest absolute Gasteiger partial charge is 0.385 e. The summed E-state index contributed by atoms with van der Waals surface area (Å²) in [5.74, 6) is 0. The van der Waals surface area contributed by atoms with E-state index in [2.05, 4.69) is 4.90 Å². The predicted octanol–water partition coefficient (Wildman–Crippen LogP) is 3.32. The summed E-state index contributed by atoms with van der Waals surface area (Å²) in [6, 6.07) is 0. The quantitative estimate of drug-likeness (QED) is 0.843. The molecule has 94 valence electrons. The average Bonchev–Trinajstić information content (AvgIpc) is 2.29. The van der Waals surface area contributed by atoms with Crippen LogP contribution in [0.15, 0.2) is 10.1 Å². The van der Waals surface area contributed by atoms with Gasteiger partial charge in [0.25, 0.3) is 0 Å². The van der Waals surface area contributed by atoms with Crippen molar-refractivity contribution in [2.75, 3.05) is 19.6 Å². The van der Waals surface area contributed by atoms with Crippen LogP contribution in [0.4, 0.5) is 0 Å². The van der Waals surface area contributed by atoms with Gasteiger partial charge in [-0.1, -0.05) is 36.5 Å². The first-order valence-electron chi connectivity index (χ1n) is 5.96. The lowest BCUT2D eigenvalue weighted by Gasteiger charge is -2.28. The van der Waals surface area contributed by atoms with Crippen molar-refractivity contribution in [2.45, 2.75) is 45.1 Å². The third-order valence-corrected chi connectivity index (χ3v) is 4.25. The standard InChI is InChI=1S/C12H21Cl2NO/c1-3-12(2,16)11(14)10(13)9-15-7-5-4-6-8-15/h16H,3-9H2,1-2H3/b11-10+. The maximum absolute atomic E-state index is 10.00. The molecule has 0 aromatic rings. The van der Waals surface area contributed by atoms with Gasteiger partial charge < -0.3 is 5.11 Å². The van der Waals surface area contributed by atoms with E-state index >= 15 is 0 Å². The van der Waals surface area contributed by atoms with Gasteiger partial charge in [-0.05, 0) is 39.3 Å². The third kappa shape index (κ3) is 3.92. The lowest BCUT2D eigenvalue weighted by atomic mass is 10.0. The zero-order valence-corrected chi connectivity index (χ0v) is 11.6. The molecule has 1 N–H and O–H groups in total. The van der Waals surface area contributed by atoms with Crippen molar-refractivity contribution < 1.29 is 5.11 Å². The number of halogens is 2. The molecule has 0 amide bonds. The Balaban J connectivity index is 2.60. The highest BCUT2D eigenvalue weighted by atomic mass is 35.5. The number of nitrogens with zero attached hydrogens (tertiary/aromatic N) is 1. The van der Waals surface area contributed by atoms with Gasteiger partial charge in [0.1, 0.15) is 0 Å². The Labute approximate surface area is 108 Å². The molecule has 1 unspecified atom stereocenters. The summed E-state index contributed by atoms with van der Waals surface area (Å²) in [5, 5.41) is 11.0. The number of hydrogen-bond donors (Lipinski definition) is 1. The number of likely N-dealkylation sites (tertiary alicyclic amines) is 1.